The molecule has 0 saturated carbocycles. The Morgan fingerprint density at radius 2 is 2.30 bits per heavy atom. The van der Waals surface area contributed by atoms with Crippen LogP contribution in [-0.2, 0) is 24.7 Å². The summed E-state index contributed by atoms with van der Waals surface area (Å²) < 4.78 is 1.65. The zero-order valence-electron chi connectivity index (χ0n) is 6.65. The van der Waals surface area contributed by atoms with E-state index in [2.05, 4.69) is 26.0 Å². The molecular weight excluding hydrogens is 199 g/mol. The predicted molar refractivity (Wildman–Crippen MR) is 40.2 cm³/mol. The van der Waals surface area contributed by atoms with Crippen LogP contribution < -0.4 is 0 Å². The van der Waals surface area contributed by atoms with Gasteiger partial charge in [0.2, 0.25) is 0 Å². The molecule has 53 valence electrons. The first-order valence-electron chi connectivity index (χ1n) is 3.80. The van der Waals surface area contributed by atoms with Crippen molar-refractivity contribution < 1.29 is 24.7 Å². The van der Waals surface area contributed by atoms with Crippen molar-refractivity contribution in [3.8, 4) is 0 Å². The Morgan fingerprint density at radius 3 is 2.70 bits per heavy atom. The summed E-state index contributed by atoms with van der Waals surface area (Å²) in [5, 5.41) is 0. The molecule has 0 radical (unpaired) electrons. The number of hydrogen-bond acceptors (Lipinski definition) is 0. The van der Waals surface area contributed by atoms with Gasteiger partial charge in [0.1, 0.15) is 0 Å². The van der Waals surface area contributed by atoms with Gasteiger partial charge >= 0.3 is 78.3 Å². The van der Waals surface area contributed by atoms with Crippen molar-refractivity contribution in [2.45, 2.75) is 26.7 Å². The summed E-state index contributed by atoms with van der Waals surface area (Å²) in [6, 6.07) is 0. The maximum absolute atomic E-state index is 2.30. The van der Waals surface area contributed by atoms with Crippen LogP contribution in [0.2, 0.25) is 0 Å². The molecule has 0 saturated heterocycles. The summed E-state index contributed by atoms with van der Waals surface area (Å²) in [7, 11) is 0. The van der Waals surface area contributed by atoms with Crippen molar-refractivity contribution in [1.29, 1.82) is 0 Å². The monoisotopic (exact) mass is 211 g/mol. The molecule has 0 unspecified atom stereocenters. The van der Waals surface area contributed by atoms with Gasteiger partial charge in [0.25, 0.3) is 0 Å². The summed E-state index contributed by atoms with van der Waals surface area (Å²) in [5.41, 5.74) is 1.60. The minimum atomic E-state index is 0.813. The third-order valence-electron chi connectivity index (χ3n) is 1.66. The summed E-state index contributed by atoms with van der Waals surface area (Å²) >= 11 is 1.60. The molecule has 10 heavy (non-hydrogen) atoms. The van der Waals surface area contributed by atoms with Gasteiger partial charge in [-0.3, -0.25) is 0 Å². The first-order valence-corrected chi connectivity index (χ1v) is 5.03. The van der Waals surface area contributed by atoms with E-state index in [1.807, 2.05) is 0 Å². The number of allylic oxidation sites excluding steroid dienone is 4. The third-order valence-corrected chi connectivity index (χ3v) is 2.95. The van der Waals surface area contributed by atoms with Crippen LogP contribution in [0, 0.1) is 5.92 Å². The Morgan fingerprint density at radius 1 is 1.60 bits per heavy atom. The van der Waals surface area contributed by atoms with E-state index < -0.39 is 0 Å². The minimum absolute atomic E-state index is 0.813. The molecule has 0 aromatic carbocycles. The van der Waals surface area contributed by atoms with Crippen LogP contribution in [0.15, 0.2) is 21.0 Å². The molecule has 1 heteroatoms. The van der Waals surface area contributed by atoms with E-state index >= 15 is 0 Å². The van der Waals surface area contributed by atoms with Gasteiger partial charge in [-0.2, -0.15) is 0 Å². The molecule has 0 fully saturated rings. The topological polar surface area (TPSA) is 0 Å². The molecule has 0 aliphatic heterocycles. The van der Waals surface area contributed by atoms with Gasteiger partial charge in [0.15, 0.2) is 0 Å². The van der Waals surface area contributed by atoms with Crippen LogP contribution in [0.4, 0.5) is 0 Å². The summed E-state index contributed by atoms with van der Waals surface area (Å²) in [5.74, 6) is 0.813. The molecule has 0 N–H and O–H groups in total. The fraction of sp³-hybridized carbons (Fsp3) is 0.556. The molecule has 0 nitrogen and oxygen atoms in total. The predicted octanol–water partition coefficient (Wildman–Crippen LogP) is 2.79. The van der Waals surface area contributed by atoms with Gasteiger partial charge in [0.05, 0.1) is 0 Å². The Labute approximate surface area is 78.2 Å². The van der Waals surface area contributed by atoms with Crippen LogP contribution >= 0.6 is 0 Å². The van der Waals surface area contributed by atoms with Gasteiger partial charge in [-0.15, -0.1) is 0 Å². The van der Waals surface area contributed by atoms with Gasteiger partial charge < -0.3 is 0 Å². The van der Waals surface area contributed by atoms with Crippen molar-refractivity contribution in [1.82, 2.24) is 0 Å². The van der Waals surface area contributed by atoms with Crippen molar-refractivity contribution in [3.63, 3.8) is 0 Å². The van der Waals surface area contributed by atoms with Gasteiger partial charge in [-0.25, -0.2) is 0 Å². The summed E-state index contributed by atoms with van der Waals surface area (Å²) in [4.78, 5) is 0. The van der Waals surface area contributed by atoms with E-state index in [0.717, 1.165) is 5.92 Å². The number of hydrogen-bond donors (Lipinski definition) is 0. The quantitative estimate of drug-likeness (QED) is 0.660. The fourth-order valence-electron chi connectivity index (χ4n) is 1.18. The molecule has 1 aliphatic carbocycles. The third kappa shape index (κ3) is 2.20. The Kier molecular flexibility index (Phi) is 3.10. The van der Waals surface area contributed by atoms with E-state index in [4.69, 9.17) is 0 Å². The number of rotatable bonds is 2. The SMILES string of the molecule is CC(C)CC1=[C]([Zr])CC=C1. The molecule has 0 aromatic heterocycles. The first kappa shape index (κ1) is 8.46. The Hall–Kier alpha value is 0.363. The normalized spacial score (nSPS) is 17.4. The Bertz CT molecular complexity index is 175. The molecular formula is C9H13Zr. The second-order valence-corrected chi connectivity index (χ2v) is 4.69. The second kappa shape index (κ2) is 3.67. The molecule has 0 aromatic rings. The standard InChI is InChI=1S/C9H13.Zr/c1-8(2)7-9-5-3-4-6-9;/h3,5,8H,4,7H2,1-2H3;. The van der Waals surface area contributed by atoms with Gasteiger partial charge in [0, 0.05) is 0 Å². The van der Waals surface area contributed by atoms with Gasteiger partial charge in [-0.05, 0) is 0 Å². The molecule has 1 rings (SSSR count). The molecule has 0 heterocycles. The van der Waals surface area contributed by atoms with E-state index in [0.29, 0.717) is 0 Å². The molecule has 0 atom stereocenters. The van der Waals surface area contributed by atoms with E-state index in [9.17, 15) is 0 Å². The molecule has 0 amide bonds. The average molecular weight is 212 g/mol. The van der Waals surface area contributed by atoms with Crippen molar-refractivity contribution in [2.75, 3.05) is 0 Å². The molecule has 1 aliphatic rings. The molecule has 0 spiro atoms. The second-order valence-electron chi connectivity index (χ2n) is 3.21. The van der Waals surface area contributed by atoms with Crippen LogP contribution in [-0.4, -0.2) is 0 Å². The fourth-order valence-corrected chi connectivity index (χ4v) is 1.93. The van der Waals surface area contributed by atoms with Crippen LogP contribution in [0.3, 0.4) is 0 Å². The van der Waals surface area contributed by atoms with E-state index in [-0.39, 0.29) is 0 Å². The Balaban J connectivity index is 2.54. The van der Waals surface area contributed by atoms with Crippen LogP contribution in [0.25, 0.3) is 0 Å². The van der Waals surface area contributed by atoms with Gasteiger partial charge in [-0.1, -0.05) is 0 Å². The first-order chi connectivity index (χ1) is 4.70. The zero-order chi connectivity index (χ0) is 7.56. The maximum atomic E-state index is 2.30. The zero-order valence-corrected chi connectivity index (χ0v) is 9.10. The summed E-state index contributed by atoms with van der Waals surface area (Å²) in [6.45, 7) is 4.56. The van der Waals surface area contributed by atoms with Crippen LogP contribution in [0.1, 0.15) is 26.7 Å². The average Bonchev–Trinajstić information content (AvgIpc) is 2.15. The summed E-state index contributed by atoms with van der Waals surface area (Å²) in [6.07, 6.45) is 7.07. The van der Waals surface area contributed by atoms with E-state index in [1.165, 1.54) is 12.8 Å². The van der Waals surface area contributed by atoms with Crippen molar-refractivity contribution in [3.05, 3.63) is 21.0 Å². The van der Waals surface area contributed by atoms with E-state index in [1.54, 1.807) is 33.6 Å². The van der Waals surface area contributed by atoms with Crippen molar-refractivity contribution >= 4 is 0 Å². The molecule has 0 bridgehead atoms. The van der Waals surface area contributed by atoms with Crippen molar-refractivity contribution in [2.24, 2.45) is 5.92 Å². The van der Waals surface area contributed by atoms with Crippen LogP contribution in [0.5, 0.6) is 0 Å².